The van der Waals surface area contributed by atoms with E-state index >= 15 is 0 Å². The number of hydrogen-bond donors (Lipinski definition) is 0. The highest BCUT2D eigenvalue weighted by atomic mass is 32.2. The van der Waals surface area contributed by atoms with Crippen LogP contribution in [-0.2, 0) is 9.84 Å². The standard InChI is InChI=1S/C21H18O2S/c1-17-7-5-6-10-21(17)24(22,23)20-15-13-19(14-16-20)12-11-18-8-3-2-4-9-18/h2-16H,1H3. The molecule has 0 radical (unpaired) electrons. The first-order chi connectivity index (χ1) is 11.6. The average molecular weight is 334 g/mol. The third kappa shape index (κ3) is 3.47. The van der Waals surface area contributed by atoms with Crippen molar-refractivity contribution in [2.45, 2.75) is 16.7 Å². The molecule has 3 aromatic carbocycles. The Morgan fingerprint density at radius 1 is 0.667 bits per heavy atom. The lowest BCUT2D eigenvalue weighted by atomic mass is 10.1. The maximum Gasteiger partial charge on any atom is 0.206 e. The quantitative estimate of drug-likeness (QED) is 0.629. The molecule has 0 unspecified atom stereocenters. The summed E-state index contributed by atoms with van der Waals surface area (Å²) in [5.74, 6) is 0. The van der Waals surface area contributed by atoms with Crippen molar-refractivity contribution in [3.05, 3.63) is 95.6 Å². The Bertz CT molecular complexity index is 954. The molecule has 0 N–H and O–H groups in total. The molecule has 2 nitrogen and oxygen atoms in total. The van der Waals surface area contributed by atoms with Crippen molar-refractivity contribution >= 4 is 22.0 Å². The Labute approximate surface area is 143 Å². The molecule has 0 saturated carbocycles. The molecule has 0 aliphatic carbocycles. The van der Waals surface area contributed by atoms with Gasteiger partial charge in [0.05, 0.1) is 9.79 Å². The highest BCUT2D eigenvalue weighted by molar-refractivity contribution is 7.91. The van der Waals surface area contributed by atoms with Crippen LogP contribution in [0.5, 0.6) is 0 Å². The van der Waals surface area contributed by atoms with Crippen LogP contribution in [0.2, 0.25) is 0 Å². The zero-order valence-corrected chi connectivity index (χ0v) is 14.2. The summed E-state index contributed by atoms with van der Waals surface area (Å²) >= 11 is 0. The lowest BCUT2D eigenvalue weighted by molar-refractivity contribution is 0.595. The molecule has 0 atom stereocenters. The molecule has 0 aliphatic rings. The van der Waals surface area contributed by atoms with E-state index in [1.807, 2.05) is 73.7 Å². The maximum atomic E-state index is 12.7. The molecule has 3 rings (SSSR count). The molecule has 0 bridgehead atoms. The third-order valence-electron chi connectivity index (χ3n) is 3.84. The topological polar surface area (TPSA) is 34.1 Å². The van der Waals surface area contributed by atoms with E-state index in [0.717, 1.165) is 16.7 Å². The highest BCUT2D eigenvalue weighted by Crippen LogP contribution is 2.24. The summed E-state index contributed by atoms with van der Waals surface area (Å²) in [4.78, 5) is 0.672. The van der Waals surface area contributed by atoms with Crippen LogP contribution in [0.15, 0.2) is 88.7 Å². The predicted molar refractivity (Wildman–Crippen MR) is 98.4 cm³/mol. The minimum absolute atomic E-state index is 0.314. The van der Waals surface area contributed by atoms with Crippen LogP contribution >= 0.6 is 0 Å². The first-order valence-electron chi connectivity index (χ1n) is 7.71. The average Bonchev–Trinajstić information content (AvgIpc) is 2.61. The maximum absolute atomic E-state index is 12.7. The zero-order valence-electron chi connectivity index (χ0n) is 13.4. The second kappa shape index (κ2) is 6.85. The zero-order chi connectivity index (χ0) is 17.0. The molecule has 0 heterocycles. The van der Waals surface area contributed by atoms with Crippen molar-refractivity contribution in [3.63, 3.8) is 0 Å². The van der Waals surface area contributed by atoms with E-state index in [1.54, 1.807) is 24.3 Å². The van der Waals surface area contributed by atoms with Gasteiger partial charge in [-0.05, 0) is 41.8 Å². The van der Waals surface area contributed by atoms with Crippen molar-refractivity contribution in [2.24, 2.45) is 0 Å². The van der Waals surface area contributed by atoms with E-state index < -0.39 is 9.84 Å². The molecule has 0 fully saturated rings. The Morgan fingerprint density at radius 3 is 1.83 bits per heavy atom. The minimum atomic E-state index is -3.48. The summed E-state index contributed by atoms with van der Waals surface area (Å²) in [5.41, 5.74) is 2.82. The van der Waals surface area contributed by atoms with Crippen LogP contribution in [0.4, 0.5) is 0 Å². The van der Waals surface area contributed by atoms with Crippen LogP contribution in [0.1, 0.15) is 16.7 Å². The van der Waals surface area contributed by atoms with Crippen LogP contribution in [0.25, 0.3) is 12.2 Å². The van der Waals surface area contributed by atoms with Crippen molar-refractivity contribution in [1.82, 2.24) is 0 Å². The highest BCUT2D eigenvalue weighted by Gasteiger charge is 2.18. The second-order valence-electron chi connectivity index (χ2n) is 5.58. The van der Waals surface area contributed by atoms with Gasteiger partial charge in [0, 0.05) is 0 Å². The van der Waals surface area contributed by atoms with E-state index in [0.29, 0.717) is 9.79 Å². The Balaban J connectivity index is 1.87. The number of hydrogen-bond acceptors (Lipinski definition) is 2. The number of aryl methyl sites for hydroxylation is 1. The number of sulfone groups is 1. The number of benzene rings is 3. The third-order valence-corrected chi connectivity index (χ3v) is 5.77. The fraction of sp³-hybridized carbons (Fsp3) is 0.0476. The molecule has 0 amide bonds. The van der Waals surface area contributed by atoms with Crippen LogP contribution in [-0.4, -0.2) is 8.42 Å². The van der Waals surface area contributed by atoms with Gasteiger partial charge >= 0.3 is 0 Å². The Kier molecular flexibility index (Phi) is 4.63. The van der Waals surface area contributed by atoms with Gasteiger partial charge in [-0.15, -0.1) is 0 Å². The molecule has 0 saturated heterocycles. The molecule has 0 aliphatic heterocycles. The van der Waals surface area contributed by atoms with Gasteiger partial charge < -0.3 is 0 Å². The van der Waals surface area contributed by atoms with Gasteiger partial charge in [-0.25, -0.2) is 8.42 Å². The van der Waals surface area contributed by atoms with Gasteiger partial charge in [-0.1, -0.05) is 72.8 Å². The van der Waals surface area contributed by atoms with Gasteiger partial charge in [0.1, 0.15) is 0 Å². The van der Waals surface area contributed by atoms with Gasteiger partial charge in [0.2, 0.25) is 9.84 Å². The molecular formula is C21H18O2S. The van der Waals surface area contributed by atoms with Crippen molar-refractivity contribution < 1.29 is 8.42 Å². The summed E-state index contributed by atoms with van der Waals surface area (Å²) in [6.07, 6.45) is 3.98. The first kappa shape index (κ1) is 16.2. The molecule has 3 aromatic rings. The van der Waals surface area contributed by atoms with E-state index in [2.05, 4.69) is 0 Å². The van der Waals surface area contributed by atoms with E-state index in [-0.39, 0.29) is 0 Å². The largest absolute Gasteiger partial charge is 0.219 e. The second-order valence-corrected chi connectivity index (χ2v) is 7.50. The van der Waals surface area contributed by atoms with Gasteiger partial charge in [0.15, 0.2) is 0 Å². The smallest absolute Gasteiger partial charge is 0.206 e. The van der Waals surface area contributed by atoms with E-state index in [1.165, 1.54) is 0 Å². The Hall–Kier alpha value is -2.65. The molecule has 24 heavy (non-hydrogen) atoms. The molecule has 120 valence electrons. The first-order valence-corrected chi connectivity index (χ1v) is 9.19. The summed E-state index contributed by atoms with van der Waals surface area (Å²) in [5, 5.41) is 0. The molecule has 0 aromatic heterocycles. The lowest BCUT2D eigenvalue weighted by Crippen LogP contribution is -2.03. The normalized spacial score (nSPS) is 11.7. The fourth-order valence-electron chi connectivity index (χ4n) is 2.50. The summed E-state index contributed by atoms with van der Waals surface area (Å²) in [6, 6.07) is 24.0. The van der Waals surface area contributed by atoms with Crippen molar-refractivity contribution in [1.29, 1.82) is 0 Å². The van der Waals surface area contributed by atoms with E-state index in [4.69, 9.17) is 0 Å². The minimum Gasteiger partial charge on any atom is -0.219 e. The molecular weight excluding hydrogens is 316 g/mol. The van der Waals surface area contributed by atoms with Gasteiger partial charge in [-0.3, -0.25) is 0 Å². The van der Waals surface area contributed by atoms with E-state index in [9.17, 15) is 8.42 Å². The van der Waals surface area contributed by atoms with Crippen LogP contribution in [0, 0.1) is 6.92 Å². The summed E-state index contributed by atoms with van der Waals surface area (Å²) in [7, 11) is -3.48. The number of rotatable bonds is 4. The van der Waals surface area contributed by atoms with Crippen LogP contribution < -0.4 is 0 Å². The lowest BCUT2D eigenvalue weighted by Gasteiger charge is -2.07. The fourth-order valence-corrected chi connectivity index (χ4v) is 4.00. The van der Waals surface area contributed by atoms with Gasteiger partial charge in [-0.2, -0.15) is 0 Å². The van der Waals surface area contributed by atoms with Crippen LogP contribution in [0.3, 0.4) is 0 Å². The predicted octanol–water partition coefficient (Wildman–Crippen LogP) is 5.00. The Morgan fingerprint density at radius 2 is 1.21 bits per heavy atom. The molecule has 3 heteroatoms. The van der Waals surface area contributed by atoms with Crippen molar-refractivity contribution in [2.75, 3.05) is 0 Å². The molecule has 0 spiro atoms. The monoisotopic (exact) mass is 334 g/mol. The summed E-state index contributed by atoms with van der Waals surface area (Å²) in [6.45, 7) is 1.81. The SMILES string of the molecule is Cc1ccccc1S(=O)(=O)c1ccc(C=Cc2ccccc2)cc1. The summed E-state index contributed by atoms with van der Waals surface area (Å²) < 4.78 is 25.5. The van der Waals surface area contributed by atoms with Crippen molar-refractivity contribution in [3.8, 4) is 0 Å². The van der Waals surface area contributed by atoms with Gasteiger partial charge in [0.25, 0.3) is 0 Å².